The number of aromatic amines is 1. The number of carbonyl (C=O) groups excluding carboxylic acids is 3. The number of nitrogens with zero attached hydrogens (tertiary/aromatic N) is 4. The predicted molar refractivity (Wildman–Crippen MR) is 141 cm³/mol. The van der Waals surface area contributed by atoms with Crippen LogP contribution >= 0.6 is 0 Å². The molecular formula is C27H24N6O8. The second-order valence-corrected chi connectivity index (χ2v) is 9.69. The first-order valence-electron chi connectivity index (χ1n) is 12.7. The number of ether oxygens (including phenoxy) is 1. The van der Waals surface area contributed by atoms with E-state index >= 15 is 0 Å². The third-order valence-corrected chi connectivity index (χ3v) is 7.18. The first-order valence-corrected chi connectivity index (χ1v) is 12.7. The Balaban J connectivity index is 1.34. The lowest BCUT2D eigenvalue weighted by atomic mass is 10.0. The van der Waals surface area contributed by atoms with Crippen LogP contribution in [-0.2, 0) is 16.0 Å². The zero-order valence-corrected chi connectivity index (χ0v) is 21.2. The van der Waals surface area contributed by atoms with Gasteiger partial charge in [-0.1, -0.05) is 42.5 Å². The highest BCUT2D eigenvalue weighted by molar-refractivity contribution is 6.23. The van der Waals surface area contributed by atoms with E-state index in [0.717, 1.165) is 4.90 Å². The van der Waals surface area contributed by atoms with Gasteiger partial charge in [0.1, 0.15) is 24.4 Å². The van der Waals surface area contributed by atoms with Crippen molar-refractivity contribution in [1.29, 1.82) is 0 Å². The van der Waals surface area contributed by atoms with Gasteiger partial charge >= 0.3 is 0 Å². The molecule has 5 atom stereocenters. The van der Waals surface area contributed by atoms with Crippen molar-refractivity contribution < 1.29 is 34.4 Å². The quantitative estimate of drug-likeness (QED) is 0.185. The van der Waals surface area contributed by atoms with Crippen molar-refractivity contribution in [3.63, 3.8) is 0 Å². The van der Waals surface area contributed by atoms with Crippen LogP contribution in [0.1, 0.15) is 32.5 Å². The van der Waals surface area contributed by atoms with Gasteiger partial charge in [-0.05, 0) is 17.7 Å². The lowest BCUT2D eigenvalue weighted by Gasteiger charge is -2.25. The monoisotopic (exact) mass is 560 g/mol. The number of benzene rings is 2. The number of aromatic nitrogens is 4. The standard InChI is InChI=1S/C27H24N6O8/c34-11-17-19(35)20(36)26(41-17)32-12-28-18-21(32)29-27(31-23(18)38)30-22(37)16(10-13-6-2-1-3-7-13)33-24(39)14-8-4-5-9-15(14)25(33)40/h1-9,12,16-17,19-20,26,34-36H,10-11H2,(H2,29,30,31,37,38)/t16-,17+,19-,20-,26-/m1/s1. The molecule has 4 aromatic rings. The van der Waals surface area contributed by atoms with Crippen LogP contribution in [0.2, 0.25) is 0 Å². The molecule has 1 saturated heterocycles. The van der Waals surface area contributed by atoms with Crippen molar-refractivity contribution in [2.24, 2.45) is 0 Å². The maximum atomic E-state index is 13.7. The molecular weight excluding hydrogens is 536 g/mol. The molecule has 41 heavy (non-hydrogen) atoms. The van der Waals surface area contributed by atoms with E-state index in [1.54, 1.807) is 42.5 Å². The Bertz CT molecular complexity index is 1680. The first kappa shape index (κ1) is 26.5. The van der Waals surface area contributed by atoms with E-state index in [1.807, 2.05) is 0 Å². The fourth-order valence-electron chi connectivity index (χ4n) is 5.11. The normalized spacial score (nSPS) is 22.8. The third kappa shape index (κ3) is 4.48. The Hall–Kier alpha value is -4.76. The summed E-state index contributed by atoms with van der Waals surface area (Å²) in [5.41, 5.74) is 0.0956. The second-order valence-electron chi connectivity index (χ2n) is 9.69. The highest BCUT2D eigenvalue weighted by Crippen LogP contribution is 2.31. The summed E-state index contributed by atoms with van der Waals surface area (Å²) in [4.78, 5) is 64.6. The Morgan fingerprint density at radius 1 is 1.00 bits per heavy atom. The van der Waals surface area contributed by atoms with Crippen molar-refractivity contribution in [3.8, 4) is 0 Å². The van der Waals surface area contributed by atoms with Gasteiger partial charge in [-0.3, -0.25) is 38.9 Å². The molecule has 14 nitrogen and oxygen atoms in total. The molecule has 0 aliphatic carbocycles. The minimum Gasteiger partial charge on any atom is -0.394 e. The van der Waals surface area contributed by atoms with Crippen molar-refractivity contribution in [3.05, 3.63) is 88.0 Å². The van der Waals surface area contributed by atoms with Crippen LogP contribution in [0.25, 0.3) is 11.2 Å². The number of nitrogens with one attached hydrogen (secondary N) is 2. The molecule has 2 aromatic heterocycles. The maximum Gasteiger partial charge on any atom is 0.280 e. The smallest absolute Gasteiger partial charge is 0.280 e. The molecule has 0 radical (unpaired) electrons. The summed E-state index contributed by atoms with van der Waals surface area (Å²) in [5.74, 6) is -2.34. The molecule has 6 rings (SSSR count). The lowest BCUT2D eigenvalue weighted by Crippen LogP contribution is -2.48. The van der Waals surface area contributed by atoms with E-state index in [0.29, 0.717) is 5.56 Å². The molecule has 14 heteroatoms. The number of H-pyrrole nitrogens is 1. The molecule has 2 aliphatic heterocycles. The number of hydrogen-bond donors (Lipinski definition) is 5. The average molecular weight is 561 g/mol. The van der Waals surface area contributed by atoms with Crippen LogP contribution in [0, 0.1) is 0 Å². The molecule has 4 heterocycles. The molecule has 210 valence electrons. The Morgan fingerprint density at radius 2 is 1.66 bits per heavy atom. The van der Waals surface area contributed by atoms with Gasteiger partial charge in [0, 0.05) is 6.42 Å². The minimum atomic E-state index is -1.47. The Kier molecular flexibility index (Phi) is 6.67. The van der Waals surface area contributed by atoms with Crippen molar-refractivity contribution in [2.45, 2.75) is 37.0 Å². The fourth-order valence-corrected chi connectivity index (χ4v) is 5.11. The zero-order chi connectivity index (χ0) is 28.8. The van der Waals surface area contributed by atoms with Gasteiger partial charge in [0.05, 0.1) is 24.1 Å². The summed E-state index contributed by atoms with van der Waals surface area (Å²) in [6, 6.07) is 13.8. The largest absolute Gasteiger partial charge is 0.394 e. The van der Waals surface area contributed by atoms with E-state index < -0.39 is 60.5 Å². The van der Waals surface area contributed by atoms with Gasteiger partial charge in [0.15, 0.2) is 17.4 Å². The summed E-state index contributed by atoms with van der Waals surface area (Å²) in [7, 11) is 0. The highest BCUT2D eigenvalue weighted by Gasteiger charge is 2.45. The minimum absolute atomic E-state index is 0.00884. The first-order chi connectivity index (χ1) is 19.8. The number of imide groups is 1. The van der Waals surface area contributed by atoms with E-state index in [-0.39, 0.29) is 34.7 Å². The molecule has 2 aliphatic rings. The van der Waals surface area contributed by atoms with Crippen LogP contribution in [0.3, 0.4) is 0 Å². The summed E-state index contributed by atoms with van der Waals surface area (Å²) in [6.45, 7) is -0.558. The SMILES string of the molecule is O=C(Nc1nc2c(ncn2[C@@H]2O[C@@H](CO)[C@@H](O)[C@H]2O)c(=O)[nH]1)[C@@H](Cc1ccccc1)N1C(=O)c2ccccc2C1=O. The van der Waals surface area contributed by atoms with Gasteiger partial charge in [0.25, 0.3) is 17.4 Å². The summed E-state index contributed by atoms with van der Waals surface area (Å²) >= 11 is 0. The predicted octanol–water partition coefficient (Wildman–Crippen LogP) is -0.423. The van der Waals surface area contributed by atoms with Gasteiger partial charge in [-0.15, -0.1) is 0 Å². The molecule has 0 spiro atoms. The molecule has 1 fully saturated rings. The Labute approximate surface area is 230 Å². The van der Waals surface area contributed by atoms with Crippen LogP contribution in [0.15, 0.2) is 65.7 Å². The lowest BCUT2D eigenvalue weighted by molar-refractivity contribution is -0.120. The van der Waals surface area contributed by atoms with Crippen molar-refractivity contribution in [2.75, 3.05) is 11.9 Å². The summed E-state index contributed by atoms with van der Waals surface area (Å²) in [5, 5.41) is 32.5. The van der Waals surface area contributed by atoms with Gasteiger partial charge < -0.3 is 20.1 Å². The maximum absolute atomic E-state index is 13.7. The topological polar surface area (TPSA) is 200 Å². The number of hydrogen-bond acceptors (Lipinski definition) is 10. The van der Waals surface area contributed by atoms with E-state index in [1.165, 1.54) is 23.0 Å². The third-order valence-electron chi connectivity index (χ3n) is 7.18. The van der Waals surface area contributed by atoms with E-state index in [2.05, 4.69) is 20.3 Å². The van der Waals surface area contributed by atoms with E-state index in [4.69, 9.17) is 4.74 Å². The van der Waals surface area contributed by atoms with Gasteiger partial charge in [0.2, 0.25) is 11.9 Å². The molecule has 2 aromatic carbocycles. The molecule has 0 saturated carbocycles. The average Bonchev–Trinajstić information content (AvgIpc) is 3.60. The number of carbonyl (C=O) groups is 3. The summed E-state index contributed by atoms with van der Waals surface area (Å²) in [6.07, 6.45) is -4.00. The summed E-state index contributed by atoms with van der Waals surface area (Å²) < 4.78 is 6.73. The van der Waals surface area contributed by atoms with Crippen LogP contribution in [0.5, 0.6) is 0 Å². The molecule has 3 amide bonds. The van der Waals surface area contributed by atoms with E-state index in [9.17, 15) is 34.5 Å². The molecule has 0 unspecified atom stereocenters. The number of rotatable bonds is 7. The number of amides is 3. The van der Waals surface area contributed by atoms with Gasteiger partial charge in [-0.25, -0.2) is 4.98 Å². The van der Waals surface area contributed by atoms with Crippen LogP contribution in [0.4, 0.5) is 5.95 Å². The number of fused-ring (bicyclic) bond motifs is 2. The number of imidazole rings is 1. The number of anilines is 1. The van der Waals surface area contributed by atoms with Crippen LogP contribution < -0.4 is 10.9 Å². The number of aliphatic hydroxyl groups excluding tert-OH is 3. The fraction of sp³-hybridized carbons (Fsp3) is 0.259. The van der Waals surface area contributed by atoms with Gasteiger partial charge in [-0.2, -0.15) is 4.98 Å². The zero-order valence-electron chi connectivity index (χ0n) is 21.2. The molecule has 0 bridgehead atoms. The van der Waals surface area contributed by atoms with Crippen LogP contribution in [-0.4, -0.2) is 88.4 Å². The van der Waals surface area contributed by atoms with Crippen molar-refractivity contribution >= 4 is 34.8 Å². The Morgan fingerprint density at radius 3 is 2.29 bits per heavy atom. The van der Waals surface area contributed by atoms with Crippen molar-refractivity contribution in [1.82, 2.24) is 24.4 Å². The number of aliphatic hydroxyl groups is 3. The highest BCUT2D eigenvalue weighted by atomic mass is 16.6. The molecule has 5 N–H and O–H groups in total. The second kappa shape index (κ2) is 10.3.